The molecular formula is C21H31N3O6. The van der Waals surface area contributed by atoms with Gasteiger partial charge in [-0.05, 0) is 39.3 Å². The highest BCUT2D eigenvalue weighted by Crippen LogP contribution is 2.16. The molecule has 0 aliphatic heterocycles. The number of ether oxygens (including phenoxy) is 4. The Morgan fingerprint density at radius 1 is 1.17 bits per heavy atom. The van der Waals surface area contributed by atoms with Crippen molar-refractivity contribution in [2.24, 2.45) is 0 Å². The fourth-order valence-corrected chi connectivity index (χ4v) is 2.76. The highest BCUT2D eigenvalue weighted by Gasteiger charge is 2.15. The third-order valence-corrected chi connectivity index (χ3v) is 4.16. The van der Waals surface area contributed by atoms with Crippen molar-refractivity contribution in [1.29, 1.82) is 0 Å². The Kier molecular flexibility index (Phi) is 8.61. The number of pyridine rings is 2. The molecule has 0 bridgehead atoms. The third-order valence-electron chi connectivity index (χ3n) is 4.16. The van der Waals surface area contributed by atoms with Crippen molar-refractivity contribution in [2.75, 3.05) is 27.4 Å². The third kappa shape index (κ3) is 7.31. The topological polar surface area (TPSA) is 101 Å². The van der Waals surface area contributed by atoms with Gasteiger partial charge in [-0.2, -0.15) is 4.98 Å². The van der Waals surface area contributed by atoms with E-state index in [0.717, 1.165) is 5.39 Å². The number of aromatic nitrogens is 2. The van der Waals surface area contributed by atoms with Crippen molar-refractivity contribution < 1.29 is 23.7 Å². The normalized spacial score (nSPS) is 11.7. The summed E-state index contributed by atoms with van der Waals surface area (Å²) >= 11 is 0. The van der Waals surface area contributed by atoms with Crippen molar-refractivity contribution in [3.63, 3.8) is 0 Å². The van der Waals surface area contributed by atoms with Gasteiger partial charge in [0.2, 0.25) is 5.88 Å². The van der Waals surface area contributed by atoms with Crippen LogP contribution < -0.4 is 15.6 Å². The molecule has 2 rings (SSSR count). The maximum atomic E-state index is 12.3. The second-order valence-corrected chi connectivity index (χ2v) is 7.71. The molecule has 0 saturated carbocycles. The first-order valence-electron chi connectivity index (χ1n) is 9.89. The van der Waals surface area contributed by atoms with Crippen molar-refractivity contribution in [3.8, 4) is 5.88 Å². The van der Waals surface area contributed by atoms with Crippen LogP contribution >= 0.6 is 0 Å². The lowest BCUT2D eigenvalue weighted by molar-refractivity contribution is -0.107. The molecule has 2 heterocycles. The molecule has 2 aromatic rings. The minimum atomic E-state index is -0.530. The smallest absolute Gasteiger partial charge is 0.407 e. The zero-order valence-electron chi connectivity index (χ0n) is 18.3. The van der Waals surface area contributed by atoms with E-state index in [4.69, 9.17) is 18.9 Å². The number of aryl methyl sites for hydroxylation is 1. The fraction of sp³-hybridized carbons (Fsp3) is 0.571. The number of carbonyl (C=O) groups excluding carboxylic acids is 1. The van der Waals surface area contributed by atoms with E-state index in [0.29, 0.717) is 44.1 Å². The van der Waals surface area contributed by atoms with Crippen LogP contribution in [0.1, 0.15) is 33.6 Å². The van der Waals surface area contributed by atoms with Gasteiger partial charge in [-0.15, -0.1) is 0 Å². The van der Waals surface area contributed by atoms with E-state index in [9.17, 15) is 9.59 Å². The van der Waals surface area contributed by atoms with Gasteiger partial charge in [0.1, 0.15) is 11.2 Å². The van der Waals surface area contributed by atoms with Gasteiger partial charge < -0.3 is 24.3 Å². The van der Waals surface area contributed by atoms with Gasteiger partial charge in [0.15, 0.2) is 6.29 Å². The summed E-state index contributed by atoms with van der Waals surface area (Å²) in [5, 5.41) is 3.51. The molecule has 166 valence electrons. The summed E-state index contributed by atoms with van der Waals surface area (Å²) in [6.07, 6.45) is 0.240. The molecule has 1 N–H and O–H groups in total. The molecule has 0 unspecified atom stereocenters. The second kappa shape index (κ2) is 10.9. The molecule has 30 heavy (non-hydrogen) atoms. The molecular weight excluding hydrogens is 390 g/mol. The molecule has 0 atom stereocenters. The number of hydrogen-bond donors (Lipinski definition) is 1. The Balaban J connectivity index is 1.96. The predicted octanol–water partition coefficient (Wildman–Crippen LogP) is 2.70. The van der Waals surface area contributed by atoms with Crippen LogP contribution in [0.5, 0.6) is 5.88 Å². The van der Waals surface area contributed by atoms with Crippen molar-refractivity contribution in [2.45, 2.75) is 52.0 Å². The quantitative estimate of drug-likeness (QED) is 0.465. The van der Waals surface area contributed by atoms with Gasteiger partial charge in [0, 0.05) is 51.2 Å². The molecule has 0 aliphatic rings. The Morgan fingerprint density at radius 3 is 2.53 bits per heavy atom. The highest BCUT2D eigenvalue weighted by atomic mass is 16.7. The van der Waals surface area contributed by atoms with Crippen LogP contribution in [-0.2, 0) is 20.8 Å². The number of nitrogens with zero attached hydrogens (tertiary/aromatic N) is 2. The largest absolute Gasteiger partial charge is 0.478 e. The van der Waals surface area contributed by atoms with Crippen LogP contribution in [0.4, 0.5) is 4.79 Å². The maximum absolute atomic E-state index is 12.3. The van der Waals surface area contributed by atoms with E-state index < -0.39 is 18.0 Å². The summed E-state index contributed by atoms with van der Waals surface area (Å²) in [6.45, 7) is 6.62. The van der Waals surface area contributed by atoms with Gasteiger partial charge in [0.25, 0.3) is 5.56 Å². The van der Waals surface area contributed by atoms with Crippen LogP contribution in [0.2, 0.25) is 0 Å². The number of methoxy groups -OCH3 is 2. The summed E-state index contributed by atoms with van der Waals surface area (Å²) in [4.78, 5) is 28.5. The van der Waals surface area contributed by atoms with Gasteiger partial charge in [0.05, 0.1) is 6.61 Å². The van der Waals surface area contributed by atoms with Gasteiger partial charge in [-0.3, -0.25) is 9.36 Å². The molecule has 0 saturated heterocycles. The first-order chi connectivity index (χ1) is 14.2. The van der Waals surface area contributed by atoms with Crippen LogP contribution in [0.15, 0.2) is 29.1 Å². The Bertz CT molecular complexity index is 886. The number of fused-ring (bicyclic) bond motifs is 1. The SMILES string of the molecule is COC(CCn1c(=O)ccc2ccc(OCCCNC(=O)OC(C)(C)C)nc21)OC. The van der Waals surface area contributed by atoms with Crippen LogP contribution in [0.3, 0.4) is 0 Å². The lowest BCUT2D eigenvalue weighted by Gasteiger charge is -2.19. The molecule has 0 aliphatic carbocycles. The summed E-state index contributed by atoms with van der Waals surface area (Å²) in [5.41, 5.74) is -0.143. The standard InChI is InChI=1S/C21H31N3O6/c1-21(2,3)30-20(26)22-12-6-14-29-16-9-7-15-8-10-17(25)24(19(15)23-16)13-11-18(27-4)28-5/h7-10,18H,6,11-14H2,1-5H3,(H,22,26). The predicted molar refractivity (Wildman–Crippen MR) is 113 cm³/mol. The van der Waals surface area contributed by atoms with Crippen LogP contribution in [0, 0.1) is 0 Å². The minimum Gasteiger partial charge on any atom is -0.478 e. The van der Waals surface area contributed by atoms with E-state index in [2.05, 4.69) is 10.3 Å². The number of rotatable bonds is 10. The molecule has 0 aromatic carbocycles. The summed E-state index contributed by atoms with van der Waals surface area (Å²) in [5.74, 6) is 0.411. The zero-order chi connectivity index (χ0) is 22.1. The van der Waals surface area contributed by atoms with Gasteiger partial charge in [-0.25, -0.2) is 4.79 Å². The van der Waals surface area contributed by atoms with E-state index in [1.54, 1.807) is 30.9 Å². The van der Waals surface area contributed by atoms with E-state index in [-0.39, 0.29) is 5.56 Å². The second-order valence-electron chi connectivity index (χ2n) is 7.71. The van der Waals surface area contributed by atoms with Crippen molar-refractivity contribution in [3.05, 3.63) is 34.6 Å². The number of carbonyl (C=O) groups is 1. The summed E-state index contributed by atoms with van der Waals surface area (Å²) < 4.78 is 22.8. The van der Waals surface area contributed by atoms with Crippen molar-refractivity contribution >= 4 is 17.1 Å². The van der Waals surface area contributed by atoms with E-state index in [1.165, 1.54) is 6.07 Å². The van der Waals surface area contributed by atoms with Gasteiger partial charge in [-0.1, -0.05) is 0 Å². The molecule has 9 nitrogen and oxygen atoms in total. The average molecular weight is 421 g/mol. The Hall–Kier alpha value is -2.65. The van der Waals surface area contributed by atoms with Crippen LogP contribution in [-0.4, -0.2) is 54.9 Å². The Morgan fingerprint density at radius 2 is 1.87 bits per heavy atom. The first-order valence-corrected chi connectivity index (χ1v) is 9.89. The fourth-order valence-electron chi connectivity index (χ4n) is 2.76. The number of amides is 1. The first kappa shape index (κ1) is 23.6. The molecule has 0 radical (unpaired) electrons. The number of nitrogens with one attached hydrogen (secondary N) is 1. The van der Waals surface area contributed by atoms with Crippen LogP contribution in [0.25, 0.3) is 11.0 Å². The van der Waals surface area contributed by atoms with Crippen molar-refractivity contribution in [1.82, 2.24) is 14.9 Å². The number of hydrogen-bond acceptors (Lipinski definition) is 7. The monoisotopic (exact) mass is 421 g/mol. The minimum absolute atomic E-state index is 0.153. The molecule has 2 aromatic heterocycles. The summed E-state index contributed by atoms with van der Waals surface area (Å²) in [7, 11) is 3.11. The van der Waals surface area contributed by atoms with E-state index in [1.807, 2.05) is 26.8 Å². The Labute approximate surface area is 176 Å². The maximum Gasteiger partial charge on any atom is 0.407 e. The zero-order valence-corrected chi connectivity index (χ0v) is 18.3. The molecule has 0 fully saturated rings. The molecule has 0 spiro atoms. The number of alkyl carbamates (subject to hydrolysis) is 1. The highest BCUT2D eigenvalue weighted by molar-refractivity contribution is 5.75. The summed E-state index contributed by atoms with van der Waals surface area (Å²) in [6, 6.07) is 6.86. The average Bonchev–Trinajstić information content (AvgIpc) is 2.68. The molecule has 1 amide bonds. The molecule has 9 heteroatoms. The lowest BCUT2D eigenvalue weighted by atomic mass is 10.2. The lowest BCUT2D eigenvalue weighted by Crippen LogP contribution is -2.33. The van der Waals surface area contributed by atoms with Gasteiger partial charge >= 0.3 is 6.09 Å². The van der Waals surface area contributed by atoms with E-state index >= 15 is 0 Å².